The van der Waals surface area contributed by atoms with Gasteiger partial charge in [-0.15, -0.1) is 0 Å². The number of halogens is 1. The van der Waals surface area contributed by atoms with Gasteiger partial charge in [0, 0.05) is 0 Å². The molecular weight excluding hydrogens is 109 g/mol. The van der Waals surface area contributed by atoms with E-state index in [-0.39, 0.29) is 0 Å². The Bertz CT molecular complexity index is 55.8. The molecule has 0 saturated heterocycles. The summed E-state index contributed by atoms with van der Waals surface area (Å²) in [5, 5.41) is 0. The van der Waals surface area contributed by atoms with Crippen molar-refractivity contribution in [3.8, 4) is 0 Å². The summed E-state index contributed by atoms with van der Waals surface area (Å²) in [5.74, 6) is 0. The first kappa shape index (κ1) is 5.65. The summed E-state index contributed by atoms with van der Waals surface area (Å²) in [4.78, 5) is 7.42. The summed E-state index contributed by atoms with van der Waals surface area (Å²) in [5.41, 5.74) is 0. The molecule has 0 aliphatic heterocycles. The van der Waals surface area contributed by atoms with Crippen LogP contribution in [0.5, 0.6) is 0 Å². The first-order chi connectivity index (χ1) is 2.00. The molecule has 0 spiro atoms. The molecule has 0 heterocycles. The third-order valence-electron chi connectivity index (χ3n) is 0. The van der Waals surface area contributed by atoms with Gasteiger partial charge in [-0.25, -0.2) is 0 Å². The van der Waals surface area contributed by atoms with Crippen molar-refractivity contribution in [1.82, 2.24) is 0 Å². The van der Waals surface area contributed by atoms with E-state index < -0.39 is 6.33 Å². The maximum absolute atomic E-state index is 10.8. The molecule has 29 valence electrons. The highest BCUT2D eigenvalue weighted by molar-refractivity contribution is 7.78. The van der Waals surface area contributed by atoms with Crippen LogP contribution in [0.4, 0.5) is 4.20 Å². The summed E-state index contributed by atoms with van der Waals surface area (Å²) >= 11 is 0.456. The predicted octanol–water partition coefficient (Wildman–Crippen LogP) is -0.0429. The first-order valence-corrected chi connectivity index (χ1v) is 4.50. The SMILES string of the molecule is O=[P](O)(F)[AlH]. The van der Waals surface area contributed by atoms with Gasteiger partial charge in [-0.1, -0.05) is 0 Å². The number of hydrogen-bond acceptors (Lipinski definition) is 1. The molecule has 0 aromatic heterocycles. The molecular formula is H2AlFO2P. The summed E-state index contributed by atoms with van der Waals surface area (Å²) in [6, 6.07) is 0. The van der Waals surface area contributed by atoms with Crippen molar-refractivity contribution in [2.45, 2.75) is 0 Å². The molecule has 1 N–H and O–H groups in total. The van der Waals surface area contributed by atoms with Crippen molar-refractivity contribution in [2.75, 3.05) is 0 Å². The monoisotopic (exact) mass is 111 g/mol. The molecule has 0 aliphatic rings. The smallest absolute Gasteiger partial charge is 0.337 e. The van der Waals surface area contributed by atoms with Gasteiger partial charge in [0.25, 0.3) is 0 Å². The van der Waals surface area contributed by atoms with E-state index in [9.17, 15) is 4.20 Å². The average Bonchev–Trinajstić information content (AvgIpc) is 0.722. The maximum Gasteiger partial charge on any atom is 0.383 e. The second-order valence-electron chi connectivity index (χ2n) is 0.616. The third-order valence-corrected chi connectivity index (χ3v) is 0. The van der Waals surface area contributed by atoms with Gasteiger partial charge >= 0.3 is 15.8 Å². The Balaban J connectivity index is 3.47. The van der Waals surface area contributed by atoms with Gasteiger partial charge in [0.15, 0.2) is 0 Å². The van der Waals surface area contributed by atoms with Gasteiger partial charge in [-0.05, 0) is 0 Å². The normalized spacial score (nSPS) is 21.2. The fourth-order valence-electron chi connectivity index (χ4n) is 0. The van der Waals surface area contributed by atoms with Crippen molar-refractivity contribution in [2.24, 2.45) is 0 Å². The van der Waals surface area contributed by atoms with E-state index in [2.05, 4.69) is 0 Å². The summed E-state index contributed by atoms with van der Waals surface area (Å²) < 4.78 is 19.9. The van der Waals surface area contributed by atoms with E-state index >= 15 is 0 Å². The molecule has 1 radical (unpaired) electrons. The fourth-order valence-corrected chi connectivity index (χ4v) is 0. The van der Waals surface area contributed by atoms with Gasteiger partial charge in [0.05, 0.1) is 0 Å². The molecule has 0 aromatic carbocycles. The number of rotatable bonds is 0. The van der Waals surface area contributed by atoms with E-state index in [4.69, 9.17) is 9.46 Å². The van der Waals surface area contributed by atoms with Gasteiger partial charge in [-0.3, -0.25) is 4.57 Å². The Morgan fingerprint density at radius 3 is 2.00 bits per heavy atom. The van der Waals surface area contributed by atoms with E-state index in [1.807, 2.05) is 0 Å². The highest BCUT2D eigenvalue weighted by Gasteiger charge is 1.98. The molecule has 0 fully saturated rings. The molecule has 0 amide bonds. The molecule has 5 heavy (non-hydrogen) atoms. The van der Waals surface area contributed by atoms with E-state index in [1.54, 1.807) is 0 Å². The summed E-state index contributed by atoms with van der Waals surface area (Å²) in [7, 11) is 0. The van der Waals surface area contributed by atoms with Crippen LogP contribution in [-0.4, -0.2) is 20.7 Å². The van der Waals surface area contributed by atoms with Crippen molar-refractivity contribution in [1.29, 1.82) is 0 Å². The molecule has 0 rings (SSSR count). The van der Waals surface area contributed by atoms with Crippen LogP contribution in [0.1, 0.15) is 0 Å². The Kier molecular flexibility index (Phi) is 1.59. The zero-order chi connectivity index (χ0) is 4.50. The van der Waals surface area contributed by atoms with Crippen LogP contribution in [0, 0.1) is 0 Å². The largest absolute Gasteiger partial charge is 0.383 e. The highest BCUT2D eigenvalue weighted by atomic mass is 31.4. The van der Waals surface area contributed by atoms with Gasteiger partial charge in [-0.2, -0.15) is 4.20 Å². The molecule has 1 unspecified atom stereocenters. The van der Waals surface area contributed by atoms with Crippen LogP contribution in [0.25, 0.3) is 0 Å². The Morgan fingerprint density at radius 2 is 2.00 bits per heavy atom. The maximum atomic E-state index is 10.8. The second kappa shape index (κ2) is 1.40. The zero-order valence-electron chi connectivity index (χ0n) is 2.39. The van der Waals surface area contributed by atoms with Crippen molar-refractivity contribution in [3.05, 3.63) is 0 Å². The molecule has 5 heteroatoms. The van der Waals surface area contributed by atoms with E-state index in [0.29, 0.717) is 15.8 Å². The minimum Gasteiger partial charge on any atom is -0.337 e. The van der Waals surface area contributed by atoms with Crippen LogP contribution >= 0.6 is 6.33 Å². The number of hydrogen-bond donors (Lipinski definition) is 1. The predicted molar refractivity (Wildman–Crippen MR) is 18.1 cm³/mol. The van der Waals surface area contributed by atoms with Crippen LogP contribution in [-0.2, 0) is 4.57 Å². The second-order valence-corrected chi connectivity index (χ2v) is 4.19. The van der Waals surface area contributed by atoms with E-state index in [1.165, 1.54) is 0 Å². The van der Waals surface area contributed by atoms with Crippen molar-refractivity contribution < 1.29 is 13.7 Å². The minimum atomic E-state index is -4.11. The van der Waals surface area contributed by atoms with Crippen molar-refractivity contribution in [3.63, 3.8) is 0 Å². The molecule has 0 bridgehead atoms. The Labute approximate surface area is 36.6 Å². The lowest BCUT2D eigenvalue weighted by Gasteiger charge is -1.82. The summed E-state index contributed by atoms with van der Waals surface area (Å²) in [6.07, 6.45) is -4.11. The molecule has 0 aliphatic carbocycles. The molecule has 1 atom stereocenters. The van der Waals surface area contributed by atoms with Gasteiger partial charge in [0.1, 0.15) is 0 Å². The summed E-state index contributed by atoms with van der Waals surface area (Å²) in [6.45, 7) is 0. The Morgan fingerprint density at radius 1 is 2.00 bits per heavy atom. The van der Waals surface area contributed by atoms with Crippen molar-refractivity contribution >= 4 is 22.2 Å². The fraction of sp³-hybridized carbons (Fsp3) is 0. The molecule has 0 saturated carbocycles. The standard InChI is InChI=1S/Al.FO2P.H/c;1-4(2)3;/q-1;;/p+1. The highest BCUT2D eigenvalue weighted by Crippen LogP contribution is 2.34. The van der Waals surface area contributed by atoms with Crippen LogP contribution in [0.2, 0.25) is 0 Å². The topological polar surface area (TPSA) is 37.3 Å². The first-order valence-electron chi connectivity index (χ1n) is 0.868. The van der Waals surface area contributed by atoms with Crippen LogP contribution in [0.15, 0.2) is 0 Å². The van der Waals surface area contributed by atoms with Crippen LogP contribution in [0.3, 0.4) is 0 Å². The van der Waals surface area contributed by atoms with E-state index in [0.717, 1.165) is 0 Å². The quantitative estimate of drug-likeness (QED) is 0.351. The molecule has 0 aromatic rings. The van der Waals surface area contributed by atoms with Gasteiger partial charge in [0.2, 0.25) is 6.33 Å². The van der Waals surface area contributed by atoms with Gasteiger partial charge < -0.3 is 4.89 Å². The minimum absolute atomic E-state index is 0.456. The zero-order valence-corrected chi connectivity index (χ0v) is 4.70. The third kappa shape index (κ3) is 76.9. The lowest BCUT2D eigenvalue weighted by Crippen LogP contribution is -1.58. The average molecular weight is 111 g/mol. The lowest BCUT2D eigenvalue weighted by molar-refractivity contribution is 0.450. The lowest BCUT2D eigenvalue weighted by atomic mass is 15.9. The van der Waals surface area contributed by atoms with Crippen LogP contribution < -0.4 is 0 Å². The molecule has 2 nitrogen and oxygen atoms in total. The Hall–Kier alpha value is 0.652.